The standard InChI is InChI=1S/C13H8Cl2FN/c14-12-6-5-11(7-13(12)15)17-8-9-1-3-10(16)4-2-9/h1-8H/b17-8+. The van der Waals surface area contributed by atoms with Crippen LogP contribution in [0.3, 0.4) is 0 Å². The van der Waals surface area contributed by atoms with Crippen LogP contribution in [0.4, 0.5) is 10.1 Å². The number of benzene rings is 2. The molecular weight excluding hydrogens is 260 g/mol. The predicted molar refractivity (Wildman–Crippen MR) is 70.1 cm³/mol. The van der Waals surface area contributed by atoms with Gasteiger partial charge in [0.05, 0.1) is 15.7 Å². The van der Waals surface area contributed by atoms with Crippen LogP contribution in [-0.2, 0) is 0 Å². The van der Waals surface area contributed by atoms with Crippen LogP contribution >= 0.6 is 23.2 Å². The van der Waals surface area contributed by atoms with Gasteiger partial charge in [0.25, 0.3) is 0 Å². The van der Waals surface area contributed by atoms with E-state index in [1.165, 1.54) is 12.1 Å². The second-order valence-electron chi connectivity index (χ2n) is 3.41. The van der Waals surface area contributed by atoms with E-state index in [9.17, 15) is 4.39 Å². The van der Waals surface area contributed by atoms with Crippen molar-refractivity contribution in [3.63, 3.8) is 0 Å². The number of hydrogen-bond acceptors (Lipinski definition) is 1. The summed E-state index contributed by atoms with van der Waals surface area (Å²) >= 11 is 11.7. The highest BCUT2D eigenvalue weighted by Crippen LogP contribution is 2.26. The lowest BCUT2D eigenvalue weighted by atomic mass is 10.2. The van der Waals surface area contributed by atoms with E-state index in [4.69, 9.17) is 23.2 Å². The fourth-order valence-electron chi connectivity index (χ4n) is 1.26. The third-order valence-corrected chi connectivity index (χ3v) is 2.87. The minimum atomic E-state index is -0.267. The van der Waals surface area contributed by atoms with Crippen molar-refractivity contribution in [2.75, 3.05) is 0 Å². The van der Waals surface area contributed by atoms with Crippen LogP contribution in [0.2, 0.25) is 10.0 Å². The first-order valence-corrected chi connectivity index (χ1v) is 5.65. The molecule has 0 heterocycles. The molecule has 0 atom stereocenters. The van der Waals surface area contributed by atoms with Crippen molar-refractivity contribution in [2.45, 2.75) is 0 Å². The van der Waals surface area contributed by atoms with E-state index in [0.717, 1.165) is 5.56 Å². The number of nitrogens with zero attached hydrogens (tertiary/aromatic N) is 1. The fourth-order valence-corrected chi connectivity index (χ4v) is 1.56. The molecule has 0 amide bonds. The third kappa shape index (κ3) is 3.29. The van der Waals surface area contributed by atoms with Crippen LogP contribution in [0.1, 0.15) is 5.56 Å². The molecule has 0 aliphatic rings. The van der Waals surface area contributed by atoms with Crippen LogP contribution in [0, 0.1) is 5.82 Å². The first-order chi connectivity index (χ1) is 8.15. The highest BCUT2D eigenvalue weighted by Gasteiger charge is 1.97. The molecule has 4 heteroatoms. The summed E-state index contributed by atoms with van der Waals surface area (Å²) in [6.45, 7) is 0. The molecule has 2 aromatic carbocycles. The zero-order chi connectivity index (χ0) is 12.3. The maximum Gasteiger partial charge on any atom is 0.123 e. The molecule has 0 fully saturated rings. The highest BCUT2D eigenvalue weighted by atomic mass is 35.5. The molecule has 0 N–H and O–H groups in total. The maximum absolute atomic E-state index is 12.7. The number of hydrogen-bond donors (Lipinski definition) is 0. The summed E-state index contributed by atoms with van der Waals surface area (Å²) in [5.74, 6) is -0.267. The Kier molecular flexibility index (Phi) is 3.77. The molecule has 17 heavy (non-hydrogen) atoms. The molecular formula is C13H8Cl2FN. The lowest BCUT2D eigenvalue weighted by molar-refractivity contribution is 0.628. The number of rotatable bonds is 2. The van der Waals surface area contributed by atoms with Crippen LogP contribution in [0.25, 0.3) is 0 Å². The van der Waals surface area contributed by atoms with Gasteiger partial charge in [0.15, 0.2) is 0 Å². The average Bonchev–Trinajstić information content (AvgIpc) is 2.33. The summed E-state index contributed by atoms with van der Waals surface area (Å²) in [5, 5.41) is 0.952. The van der Waals surface area contributed by atoms with Gasteiger partial charge in [-0.15, -0.1) is 0 Å². The van der Waals surface area contributed by atoms with Gasteiger partial charge in [-0.05, 0) is 35.9 Å². The van der Waals surface area contributed by atoms with E-state index >= 15 is 0 Å². The minimum Gasteiger partial charge on any atom is -0.256 e. The van der Waals surface area contributed by atoms with Gasteiger partial charge in [-0.25, -0.2) is 4.39 Å². The molecule has 0 radical (unpaired) electrons. The topological polar surface area (TPSA) is 12.4 Å². The van der Waals surface area contributed by atoms with Crippen molar-refractivity contribution in [3.05, 3.63) is 63.9 Å². The normalized spacial score (nSPS) is 11.0. The molecule has 0 aromatic heterocycles. The Bertz CT molecular complexity index is 550. The molecule has 86 valence electrons. The summed E-state index contributed by atoms with van der Waals surface area (Å²) in [6.07, 6.45) is 1.64. The second-order valence-corrected chi connectivity index (χ2v) is 4.22. The van der Waals surface area contributed by atoms with E-state index < -0.39 is 0 Å². The van der Waals surface area contributed by atoms with Crippen LogP contribution in [0.5, 0.6) is 0 Å². The van der Waals surface area contributed by atoms with E-state index in [1.807, 2.05) is 0 Å². The molecule has 0 aliphatic carbocycles. The lowest BCUT2D eigenvalue weighted by Gasteiger charge is -1.97. The molecule has 0 aliphatic heterocycles. The largest absolute Gasteiger partial charge is 0.256 e. The Morgan fingerprint density at radius 1 is 0.941 bits per heavy atom. The lowest BCUT2D eigenvalue weighted by Crippen LogP contribution is -1.81. The zero-order valence-corrected chi connectivity index (χ0v) is 10.2. The monoisotopic (exact) mass is 267 g/mol. The van der Waals surface area contributed by atoms with Gasteiger partial charge in [0.1, 0.15) is 5.82 Å². The Hall–Kier alpha value is -1.38. The Morgan fingerprint density at radius 2 is 1.65 bits per heavy atom. The first kappa shape index (κ1) is 12.1. The van der Waals surface area contributed by atoms with E-state index in [1.54, 1.807) is 36.5 Å². The van der Waals surface area contributed by atoms with E-state index in [2.05, 4.69) is 4.99 Å². The zero-order valence-electron chi connectivity index (χ0n) is 8.70. The Morgan fingerprint density at radius 3 is 2.29 bits per heavy atom. The summed E-state index contributed by atoms with van der Waals surface area (Å²) < 4.78 is 12.7. The van der Waals surface area contributed by atoms with Crippen molar-refractivity contribution in [3.8, 4) is 0 Å². The first-order valence-electron chi connectivity index (χ1n) is 4.90. The highest BCUT2D eigenvalue weighted by molar-refractivity contribution is 6.42. The summed E-state index contributed by atoms with van der Waals surface area (Å²) in [5.41, 5.74) is 1.51. The second kappa shape index (κ2) is 5.30. The van der Waals surface area contributed by atoms with Crippen molar-refractivity contribution in [1.82, 2.24) is 0 Å². The van der Waals surface area contributed by atoms with Gasteiger partial charge in [0.2, 0.25) is 0 Å². The molecule has 2 aromatic rings. The molecule has 0 saturated heterocycles. The number of aliphatic imine (C=N–C) groups is 1. The summed E-state index contributed by atoms with van der Waals surface area (Å²) in [4.78, 5) is 4.22. The van der Waals surface area contributed by atoms with Crippen LogP contribution in [0.15, 0.2) is 47.5 Å². The van der Waals surface area contributed by atoms with Gasteiger partial charge in [-0.2, -0.15) is 0 Å². The average molecular weight is 268 g/mol. The van der Waals surface area contributed by atoms with Crippen LogP contribution in [-0.4, -0.2) is 6.21 Å². The summed E-state index contributed by atoms with van der Waals surface area (Å²) in [6, 6.07) is 11.2. The van der Waals surface area contributed by atoms with Gasteiger partial charge in [-0.3, -0.25) is 4.99 Å². The molecule has 2 rings (SSSR count). The number of halogens is 3. The SMILES string of the molecule is Fc1ccc(/C=N/c2ccc(Cl)c(Cl)c2)cc1. The maximum atomic E-state index is 12.7. The molecule has 0 spiro atoms. The molecule has 0 unspecified atom stereocenters. The van der Waals surface area contributed by atoms with Gasteiger partial charge in [-0.1, -0.05) is 35.3 Å². The van der Waals surface area contributed by atoms with Gasteiger partial charge >= 0.3 is 0 Å². The fraction of sp³-hybridized carbons (Fsp3) is 0. The van der Waals surface area contributed by atoms with Crippen molar-refractivity contribution in [2.24, 2.45) is 4.99 Å². The Balaban J connectivity index is 2.20. The molecule has 0 bridgehead atoms. The van der Waals surface area contributed by atoms with E-state index in [0.29, 0.717) is 15.7 Å². The van der Waals surface area contributed by atoms with Crippen LogP contribution < -0.4 is 0 Å². The Labute approximate surface area is 109 Å². The van der Waals surface area contributed by atoms with Crippen molar-refractivity contribution >= 4 is 35.1 Å². The molecule has 1 nitrogen and oxygen atoms in total. The predicted octanol–water partition coefficient (Wildman–Crippen LogP) is 4.88. The van der Waals surface area contributed by atoms with Crippen molar-refractivity contribution < 1.29 is 4.39 Å². The van der Waals surface area contributed by atoms with E-state index in [-0.39, 0.29) is 5.82 Å². The van der Waals surface area contributed by atoms with Gasteiger partial charge in [0, 0.05) is 6.21 Å². The van der Waals surface area contributed by atoms with Gasteiger partial charge < -0.3 is 0 Å². The minimum absolute atomic E-state index is 0.267. The summed E-state index contributed by atoms with van der Waals surface area (Å²) in [7, 11) is 0. The molecule has 0 saturated carbocycles. The van der Waals surface area contributed by atoms with Crippen molar-refractivity contribution in [1.29, 1.82) is 0 Å². The quantitative estimate of drug-likeness (QED) is 0.688. The smallest absolute Gasteiger partial charge is 0.123 e. The third-order valence-electron chi connectivity index (χ3n) is 2.14.